The zero-order chi connectivity index (χ0) is 20.1. The van der Waals surface area contributed by atoms with E-state index < -0.39 is 0 Å². The number of aromatic nitrogens is 2. The number of nitrogens with zero attached hydrogens (tertiary/aromatic N) is 2. The van der Waals surface area contributed by atoms with E-state index in [0.29, 0.717) is 0 Å². The summed E-state index contributed by atoms with van der Waals surface area (Å²) >= 11 is 0. The van der Waals surface area contributed by atoms with Gasteiger partial charge >= 0.3 is 0 Å². The molecule has 0 saturated carbocycles. The predicted molar refractivity (Wildman–Crippen MR) is 125 cm³/mol. The Labute approximate surface area is 170 Å². The Hall–Kier alpha value is -3.13. The molecule has 0 fully saturated rings. The summed E-state index contributed by atoms with van der Waals surface area (Å²) in [6.07, 6.45) is 1.95. The Morgan fingerprint density at radius 1 is 0.793 bits per heavy atom. The molecule has 3 aromatic carbocycles. The van der Waals surface area contributed by atoms with Crippen LogP contribution in [0.3, 0.4) is 0 Å². The molecule has 0 aliphatic rings. The van der Waals surface area contributed by atoms with Crippen LogP contribution in [0.1, 0.15) is 37.5 Å². The van der Waals surface area contributed by atoms with Gasteiger partial charge in [0, 0.05) is 27.7 Å². The van der Waals surface area contributed by atoms with Crippen LogP contribution in [0.4, 0.5) is 0 Å². The first-order valence-electron chi connectivity index (χ1n) is 10.3. The number of fused-ring (bicyclic) bond motifs is 6. The number of hydrogen-bond donors (Lipinski definition) is 0. The van der Waals surface area contributed by atoms with Gasteiger partial charge in [0.1, 0.15) is 0 Å². The second-order valence-electron chi connectivity index (χ2n) is 9.51. The Kier molecular flexibility index (Phi) is 3.05. The van der Waals surface area contributed by atoms with Crippen LogP contribution in [0.5, 0.6) is 0 Å². The van der Waals surface area contributed by atoms with Gasteiger partial charge in [-0.1, -0.05) is 56.7 Å². The van der Waals surface area contributed by atoms with Gasteiger partial charge in [-0.25, -0.2) is 0 Å². The molecular weight excluding hydrogens is 352 g/mol. The zero-order valence-corrected chi connectivity index (χ0v) is 17.6. The molecule has 0 aliphatic carbocycles. The molecule has 2 heteroatoms. The molecule has 0 amide bonds. The highest BCUT2D eigenvalue weighted by atomic mass is 14.9. The van der Waals surface area contributed by atoms with Gasteiger partial charge in [-0.3, -0.25) is 4.98 Å². The predicted octanol–water partition coefficient (Wildman–Crippen LogP) is 7.30. The normalized spacial score (nSPS) is 13.0. The minimum absolute atomic E-state index is 0.111. The van der Waals surface area contributed by atoms with E-state index in [1.807, 2.05) is 6.20 Å². The fourth-order valence-corrected chi connectivity index (χ4v) is 5.11. The lowest BCUT2D eigenvalue weighted by Gasteiger charge is -2.19. The van der Waals surface area contributed by atoms with Crippen LogP contribution in [-0.4, -0.2) is 9.38 Å². The van der Waals surface area contributed by atoms with Crippen LogP contribution in [0, 0.1) is 13.8 Å². The van der Waals surface area contributed by atoms with Crippen LogP contribution in [0.25, 0.3) is 49.0 Å². The molecule has 6 rings (SSSR count). The highest BCUT2D eigenvalue weighted by molar-refractivity contribution is 6.27. The summed E-state index contributed by atoms with van der Waals surface area (Å²) in [5, 5.41) is 6.40. The van der Waals surface area contributed by atoms with E-state index in [1.54, 1.807) is 0 Å². The molecular formula is C27H24N2. The highest BCUT2D eigenvalue weighted by Gasteiger charge is 2.21. The molecule has 0 unspecified atom stereocenters. The Morgan fingerprint density at radius 2 is 1.59 bits per heavy atom. The Morgan fingerprint density at radius 3 is 2.38 bits per heavy atom. The van der Waals surface area contributed by atoms with Crippen molar-refractivity contribution in [2.24, 2.45) is 0 Å². The largest absolute Gasteiger partial charge is 0.308 e. The fourth-order valence-electron chi connectivity index (χ4n) is 5.11. The number of benzene rings is 3. The van der Waals surface area contributed by atoms with Crippen LogP contribution in [-0.2, 0) is 5.41 Å². The quantitative estimate of drug-likeness (QED) is 0.201. The maximum atomic E-state index is 4.86. The standard InChI is InChI=1S/C27H24N2/c1-15-12-16(2)25-21(13-15)24-23-17(10-11-28-24)6-8-20-19-9-7-18(27(3,4)5)14-22(19)29(25)26(20)23/h6-14H,1-5H3. The van der Waals surface area contributed by atoms with Crippen molar-refractivity contribution in [3.63, 3.8) is 0 Å². The number of aryl methyl sites for hydroxylation is 2. The molecule has 3 aromatic heterocycles. The highest BCUT2D eigenvalue weighted by Crippen LogP contribution is 2.42. The lowest BCUT2D eigenvalue weighted by atomic mass is 9.86. The molecule has 29 heavy (non-hydrogen) atoms. The topological polar surface area (TPSA) is 17.3 Å². The first kappa shape index (κ1) is 16.8. The SMILES string of the molecule is Cc1cc(C)c2c(c1)c1nccc3ccc4c5ccc(C(C)(C)C)cc5n2c4c31. The molecule has 0 saturated heterocycles. The van der Waals surface area contributed by atoms with Gasteiger partial charge in [-0.2, -0.15) is 0 Å². The number of rotatable bonds is 0. The molecule has 3 heterocycles. The molecule has 0 radical (unpaired) electrons. The summed E-state index contributed by atoms with van der Waals surface area (Å²) in [4.78, 5) is 4.86. The zero-order valence-electron chi connectivity index (χ0n) is 17.6. The van der Waals surface area contributed by atoms with Crippen molar-refractivity contribution >= 4 is 49.0 Å². The number of pyridine rings is 2. The minimum atomic E-state index is 0.111. The van der Waals surface area contributed by atoms with Gasteiger partial charge in [0.15, 0.2) is 0 Å². The summed E-state index contributed by atoms with van der Waals surface area (Å²) in [5.41, 5.74) is 9.04. The van der Waals surface area contributed by atoms with Crippen molar-refractivity contribution in [2.75, 3.05) is 0 Å². The van der Waals surface area contributed by atoms with E-state index in [2.05, 4.69) is 87.6 Å². The molecule has 2 nitrogen and oxygen atoms in total. The van der Waals surface area contributed by atoms with Gasteiger partial charge in [0.05, 0.1) is 22.1 Å². The molecule has 6 aromatic rings. The Bertz CT molecular complexity index is 1590. The van der Waals surface area contributed by atoms with E-state index in [0.717, 1.165) is 5.52 Å². The third kappa shape index (κ3) is 2.09. The van der Waals surface area contributed by atoms with Crippen LogP contribution >= 0.6 is 0 Å². The molecule has 0 atom stereocenters. The van der Waals surface area contributed by atoms with Gasteiger partial charge in [-0.05, 0) is 54.0 Å². The Balaban J connectivity index is 2.02. The monoisotopic (exact) mass is 376 g/mol. The molecule has 0 bridgehead atoms. The van der Waals surface area contributed by atoms with Gasteiger partial charge < -0.3 is 4.40 Å². The van der Waals surface area contributed by atoms with E-state index in [-0.39, 0.29) is 5.41 Å². The first-order chi connectivity index (χ1) is 13.8. The van der Waals surface area contributed by atoms with Crippen molar-refractivity contribution < 1.29 is 0 Å². The van der Waals surface area contributed by atoms with Crippen molar-refractivity contribution in [1.29, 1.82) is 0 Å². The molecule has 0 spiro atoms. The maximum absolute atomic E-state index is 4.86. The van der Waals surface area contributed by atoms with Gasteiger partial charge in [-0.15, -0.1) is 0 Å². The first-order valence-corrected chi connectivity index (χ1v) is 10.3. The van der Waals surface area contributed by atoms with E-state index in [4.69, 9.17) is 4.98 Å². The van der Waals surface area contributed by atoms with Crippen LogP contribution < -0.4 is 0 Å². The third-order valence-corrected chi connectivity index (χ3v) is 6.45. The summed E-state index contributed by atoms with van der Waals surface area (Å²) < 4.78 is 2.50. The van der Waals surface area contributed by atoms with Crippen LogP contribution in [0.15, 0.2) is 54.7 Å². The molecule has 142 valence electrons. The fraction of sp³-hybridized carbons (Fsp3) is 0.222. The summed E-state index contributed by atoms with van der Waals surface area (Å²) in [5.74, 6) is 0. The van der Waals surface area contributed by atoms with Crippen molar-refractivity contribution in [3.8, 4) is 0 Å². The molecule has 0 N–H and O–H groups in total. The summed E-state index contributed by atoms with van der Waals surface area (Å²) in [7, 11) is 0. The lowest BCUT2D eigenvalue weighted by Crippen LogP contribution is -2.10. The second-order valence-corrected chi connectivity index (χ2v) is 9.51. The third-order valence-electron chi connectivity index (χ3n) is 6.45. The summed E-state index contributed by atoms with van der Waals surface area (Å²) in [6, 6.07) is 18.2. The second kappa shape index (κ2) is 5.27. The van der Waals surface area contributed by atoms with Gasteiger partial charge in [0.2, 0.25) is 0 Å². The minimum Gasteiger partial charge on any atom is -0.308 e. The maximum Gasteiger partial charge on any atom is 0.0822 e. The smallest absolute Gasteiger partial charge is 0.0822 e. The van der Waals surface area contributed by atoms with E-state index >= 15 is 0 Å². The van der Waals surface area contributed by atoms with Crippen molar-refractivity contribution in [1.82, 2.24) is 9.38 Å². The lowest BCUT2D eigenvalue weighted by molar-refractivity contribution is 0.591. The van der Waals surface area contributed by atoms with Gasteiger partial charge in [0.25, 0.3) is 0 Å². The van der Waals surface area contributed by atoms with E-state index in [1.165, 1.54) is 60.2 Å². The average molecular weight is 377 g/mol. The summed E-state index contributed by atoms with van der Waals surface area (Å²) in [6.45, 7) is 11.3. The molecule has 0 aliphatic heterocycles. The van der Waals surface area contributed by atoms with E-state index in [9.17, 15) is 0 Å². The van der Waals surface area contributed by atoms with Crippen LogP contribution in [0.2, 0.25) is 0 Å². The number of hydrogen-bond acceptors (Lipinski definition) is 1. The average Bonchev–Trinajstić information content (AvgIpc) is 3.00. The van der Waals surface area contributed by atoms with Crippen molar-refractivity contribution in [3.05, 3.63) is 71.4 Å². The van der Waals surface area contributed by atoms with Crippen molar-refractivity contribution in [2.45, 2.75) is 40.0 Å².